The van der Waals surface area contributed by atoms with Crippen molar-refractivity contribution < 1.29 is 17.9 Å². The Hall–Kier alpha value is -3.29. The van der Waals surface area contributed by atoms with Gasteiger partial charge in [-0.25, -0.2) is 4.98 Å². The van der Waals surface area contributed by atoms with E-state index in [1.807, 2.05) is 34.6 Å². The van der Waals surface area contributed by atoms with E-state index in [4.69, 9.17) is 4.74 Å². The lowest BCUT2D eigenvalue weighted by Crippen LogP contribution is -2.27. The van der Waals surface area contributed by atoms with E-state index in [0.29, 0.717) is 18.0 Å². The predicted molar refractivity (Wildman–Crippen MR) is 102 cm³/mol. The van der Waals surface area contributed by atoms with Crippen molar-refractivity contribution in [3.05, 3.63) is 65.7 Å². The van der Waals surface area contributed by atoms with Gasteiger partial charge in [0.25, 0.3) is 0 Å². The van der Waals surface area contributed by atoms with Gasteiger partial charge in [0, 0.05) is 11.9 Å². The third-order valence-electron chi connectivity index (χ3n) is 4.61. The molecule has 3 heterocycles. The van der Waals surface area contributed by atoms with Crippen molar-refractivity contribution in [2.75, 3.05) is 18.6 Å². The number of halogens is 3. The van der Waals surface area contributed by atoms with E-state index in [1.54, 1.807) is 19.5 Å². The first-order chi connectivity index (χ1) is 13.4. The van der Waals surface area contributed by atoms with Crippen LogP contribution in [-0.2, 0) is 6.18 Å². The van der Waals surface area contributed by atoms with Crippen molar-refractivity contribution in [3.8, 4) is 5.75 Å². The molecule has 1 aromatic carbocycles. The van der Waals surface area contributed by atoms with Crippen LogP contribution >= 0.6 is 0 Å². The Balaban J connectivity index is 1.80. The highest BCUT2D eigenvalue weighted by Gasteiger charge is 2.30. The van der Waals surface area contributed by atoms with Crippen molar-refractivity contribution in [2.24, 2.45) is 4.99 Å². The number of fused-ring (bicyclic) bond motifs is 1. The van der Waals surface area contributed by atoms with Crippen molar-refractivity contribution in [1.82, 2.24) is 9.38 Å². The summed E-state index contributed by atoms with van der Waals surface area (Å²) in [6.45, 7) is 2.33. The molecular weight excluding hydrogens is 369 g/mol. The number of ether oxygens (including phenoxy) is 1. The number of hydrogen-bond acceptors (Lipinski definition) is 4. The molecule has 1 aliphatic rings. The second kappa shape index (κ2) is 6.70. The smallest absolute Gasteiger partial charge is 0.416 e. The number of nitrogens with zero attached hydrogens (tertiary/aromatic N) is 4. The van der Waals surface area contributed by atoms with Gasteiger partial charge in [0.1, 0.15) is 11.4 Å². The average molecular weight is 386 g/mol. The first-order valence-electron chi connectivity index (χ1n) is 8.58. The molecule has 0 aliphatic carbocycles. The number of methoxy groups -OCH3 is 1. The second-order valence-electron chi connectivity index (χ2n) is 6.34. The van der Waals surface area contributed by atoms with Crippen LogP contribution in [0.15, 0.2) is 53.8 Å². The van der Waals surface area contributed by atoms with Crippen LogP contribution < -0.4 is 9.64 Å². The summed E-state index contributed by atoms with van der Waals surface area (Å²) in [5.74, 6) is 0.673. The standard InChI is InChI=1S/C20H17F3N4O/c1-13-19(27-12-16(28-2)7-8-18(27)25-13)17-11-24-9-10-26(17)15-5-3-14(4-6-15)20(21,22)23/h3-9,11-12H,10H2,1-2H3. The van der Waals surface area contributed by atoms with Gasteiger partial charge in [0.2, 0.25) is 0 Å². The Labute approximate surface area is 159 Å². The summed E-state index contributed by atoms with van der Waals surface area (Å²) >= 11 is 0. The summed E-state index contributed by atoms with van der Waals surface area (Å²) in [5, 5.41) is 0. The molecule has 0 spiro atoms. The lowest BCUT2D eigenvalue weighted by molar-refractivity contribution is -0.137. The topological polar surface area (TPSA) is 42.1 Å². The minimum atomic E-state index is -4.37. The fourth-order valence-electron chi connectivity index (χ4n) is 3.26. The first kappa shape index (κ1) is 18.1. The van der Waals surface area contributed by atoms with Crippen molar-refractivity contribution in [2.45, 2.75) is 13.1 Å². The quantitative estimate of drug-likeness (QED) is 0.663. The highest BCUT2D eigenvalue weighted by molar-refractivity contribution is 5.87. The molecule has 5 nitrogen and oxygen atoms in total. The van der Waals surface area contributed by atoms with Crippen LogP contribution in [0.25, 0.3) is 11.3 Å². The highest BCUT2D eigenvalue weighted by atomic mass is 19.4. The maximum absolute atomic E-state index is 12.9. The predicted octanol–water partition coefficient (Wildman–Crippen LogP) is 4.56. The Morgan fingerprint density at radius 2 is 1.82 bits per heavy atom. The minimum absolute atomic E-state index is 0.438. The van der Waals surface area contributed by atoms with Gasteiger partial charge in [-0.2, -0.15) is 13.2 Å². The molecule has 2 aromatic heterocycles. The summed E-state index contributed by atoms with van der Waals surface area (Å²) in [5.41, 5.74) is 3.06. The first-order valence-corrected chi connectivity index (χ1v) is 8.58. The molecular formula is C20H17F3N4O. The van der Waals surface area contributed by atoms with E-state index in [-0.39, 0.29) is 0 Å². The number of alkyl halides is 3. The third kappa shape index (κ3) is 3.11. The number of anilines is 1. The maximum Gasteiger partial charge on any atom is 0.416 e. The zero-order valence-electron chi connectivity index (χ0n) is 15.2. The number of aromatic nitrogens is 2. The van der Waals surface area contributed by atoms with Gasteiger partial charge in [-0.1, -0.05) is 0 Å². The molecule has 0 N–H and O–H groups in total. The number of imidazole rings is 1. The van der Waals surface area contributed by atoms with Gasteiger partial charge in [-0.05, 0) is 43.3 Å². The SMILES string of the molecule is COc1ccc2nc(C)c(C3=CN=CCN3c3ccc(C(F)(F)F)cc3)n2c1. The van der Waals surface area contributed by atoms with Crippen molar-refractivity contribution in [3.63, 3.8) is 0 Å². The molecule has 1 aliphatic heterocycles. The van der Waals surface area contributed by atoms with Crippen LogP contribution in [0.5, 0.6) is 5.75 Å². The molecule has 0 radical (unpaired) electrons. The van der Waals surface area contributed by atoms with Crippen LogP contribution in [0.3, 0.4) is 0 Å². The fraction of sp³-hybridized carbons (Fsp3) is 0.200. The maximum atomic E-state index is 12.9. The molecule has 0 fully saturated rings. The summed E-state index contributed by atoms with van der Waals surface area (Å²) in [6, 6.07) is 8.78. The average Bonchev–Trinajstić information content (AvgIpc) is 3.02. The number of rotatable bonds is 3. The Morgan fingerprint density at radius 3 is 2.50 bits per heavy atom. The lowest BCUT2D eigenvalue weighted by Gasteiger charge is -2.28. The van der Waals surface area contributed by atoms with Gasteiger partial charge in [-0.3, -0.25) is 9.39 Å². The number of benzene rings is 1. The molecule has 0 amide bonds. The zero-order valence-corrected chi connectivity index (χ0v) is 15.2. The molecule has 0 saturated heterocycles. The molecule has 8 heteroatoms. The van der Waals surface area contributed by atoms with E-state index >= 15 is 0 Å². The molecule has 144 valence electrons. The van der Waals surface area contributed by atoms with Gasteiger partial charge in [-0.15, -0.1) is 0 Å². The van der Waals surface area contributed by atoms with Crippen LogP contribution in [0.2, 0.25) is 0 Å². The largest absolute Gasteiger partial charge is 0.495 e. The molecule has 0 atom stereocenters. The molecule has 0 unspecified atom stereocenters. The van der Waals surface area contributed by atoms with E-state index in [2.05, 4.69) is 9.98 Å². The lowest BCUT2D eigenvalue weighted by atomic mass is 10.1. The zero-order chi connectivity index (χ0) is 19.9. The van der Waals surface area contributed by atoms with Gasteiger partial charge in [0.15, 0.2) is 0 Å². The Morgan fingerprint density at radius 1 is 1.07 bits per heavy atom. The summed E-state index contributed by atoms with van der Waals surface area (Å²) < 4.78 is 45.9. The molecule has 28 heavy (non-hydrogen) atoms. The minimum Gasteiger partial charge on any atom is -0.495 e. The van der Waals surface area contributed by atoms with Crippen molar-refractivity contribution in [1.29, 1.82) is 0 Å². The fourth-order valence-corrected chi connectivity index (χ4v) is 3.26. The molecule has 0 saturated carbocycles. The van der Waals surface area contributed by atoms with Crippen LogP contribution in [-0.4, -0.2) is 29.3 Å². The molecule has 0 bridgehead atoms. The van der Waals surface area contributed by atoms with Crippen LogP contribution in [0.1, 0.15) is 17.0 Å². The molecule has 4 rings (SSSR count). The normalized spacial score (nSPS) is 14.5. The Bertz CT molecular complexity index is 1080. The monoisotopic (exact) mass is 386 g/mol. The second-order valence-corrected chi connectivity index (χ2v) is 6.34. The highest BCUT2D eigenvalue weighted by Crippen LogP contribution is 2.34. The van der Waals surface area contributed by atoms with E-state index in [1.165, 1.54) is 12.1 Å². The number of aliphatic imine (C=N–C) groups is 1. The van der Waals surface area contributed by atoms with E-state index < -0.39 is 11.7 Å². The third-order valence-corrected chi connectivity index (χ3v) is 4.61. The van der Waals surface area contributed by atoms with Gasteiger partial charge in [0.05, 0.1) is 48.7 Å². The van der Waals surface area contributed by atoms with Crippen molar-refractivity contribution >= 4 is 23.2 Å². The van der Waals surface area contributed by atoms with Crippen LogP contribution in [0, 0.1) is 6.92 Å². The summed E-state index contributed by atoms with van der Waals surface area (Å²) in [7, 11) is 1.59. The van der Waals surface area contributed by atoms with E-state index in [9.17, 15) is 13.2 Å². The number of hydrogen-bond donors (Lipinski definition) is 0. The summed E-state index contributed by atoms with van der Waals surface area (Å²) in [6.07, 6.45) is 0.863. The Kier molecular flexibility index (Phi) is 4.33. The number of aryl methyl sites for hydroxylation is 1. The van der Waals surface area contributed by atoms with Crippen LogP contribution in [0.4, 0.5) is 18.9 Å². The number of pyridine rings is 1. The summed E-state index contributed by atoms with van der Waals surface area (Å²) in [4.78, 5) is 10.7. The molecule has 3 aromatic rings. The van der Waals surface area contributed by atoms with E-state index in [0.717, 1.165) is 34.9 Å². The van der Waals surface area contributed by atoms with Gasteiger partial charge >= 0.3 is 6.18 Å². The van der Waals surface area contributed by atoms with Gasteiger partial charge < -0.3 is 9.64 Å².